The minimum absolute atomic E-state index is 0.0175. The summed E-state index contributed by atoms with van der Waals surface area (Å²) in [7, 11) is 0. The number of nitro benzene ring substituents is 3. The molecule has 0 spiro atoms. The Labute approximate surface area is 188 Å². The maximum atomic E-state index is 12.0. The van der Waals surface area contributed by atoms with E-state index in [0.717, 1.165) is 24.3 Å². The number of carboxylic acids is 1. The Morgan fingerprint density at radius 2 is 1.36 bits per heavy atom. The van der Waals surface area contributed by atoms with E-state index in [1.54, 1.807) is 24.3 Å². The maximum absolute atomic E-state index is 12.0. The first-order valence-corrected chi connectivity index (χ1v) is 9.47. The third-order valence-corrected chi connectivity index (χ3v) is 5.34. The van der Waals surface area contributed by atoms with Gasteiger partial charge in [-0.3, -0.25) is 30.3 Å². The van der Waals surface area contributed by atoms with Gasteiger partial charge in [0.05, 0.1) is 32.0 Å². The predicted molar refractivity (Wildman–Crippen MR) is 117 cm³/mol. The molecule has 0 saturated carbocycles. The summed E-state index contributed by atoms with van der Waals surface area (Å²) in [5.41, 5.74) is -1.86. The normalized spacial score (nSPS) is 12.8. The van der Waals surface area contributed by atoms with Gasteiger partial charge in [-0.05, 0) is 34.9 Å². The quantitative estimate of drug-likeness (QED) is 0.303. The summed E-state index contributed by atoms with van der Waals surface area (Å²) in [5.74, 6) is -1.54. The van der Waals surface area contributed by atoms with Crippen molar-refractivity contribution in [3.63, 3.8) is 0 Å². The van der Waals surface area contributed by atoms with Gasteiger partial charge in [0, 0.05) is 34.3 Å². The minimum atomic E-state index is -1.54. The molecule has 0 aromatic heterocycles. The van der Waals surface area contributed by atoms with E-state index in [4.69, 9.17) is 11.6 Å². The zero-order valence-corrected chi connectivity index (χ0v) is 17.0. The van der Waals surface area contributed by atoms with Gasteiger partial charge in [0.2, 0.25) is 0 Å². The van der Waals surface area contributed by atoms with Crippen LogP contribution in [0.2, 0.25) is 5.02 Å². The fourth-order valence-corrected chi connectivity index (χ4v) is 3.87. The van der Waals surface area contributed by atoms with Crippen LogP contribution in [0, 0.1) is 30.3 Å². The van der Waals surface area contributed by atoms with Crippen LogP contribution in [0.15, 0.2) is 48.5 Å². The average Bonchev–Trinajstić information content (AvgIpc) is 3.07. The number of benzene rings is 3. The summed E-state index contributed by atoms with van der Waals surface area (Å²) < 4.78 is 0. The first kappa shape index (κ1) is 21.6. The van der Waals surface area contributed by atoms with Crippen LogP contribution < -0.4 is 0 Å². The van der Waals surface area contributed by atoms with Crippen LogP contribution >= 0.6 is 11.6 Å². The van der Waals surface area contributed by atoms with Gasteiger partial charge >= 0.3 is 5.97 Å². The van der Waals surface area contributed by atoms with Gasteiger partial charge < -0.3 is 5.11 Å². The van der Waals surface area contributed by atoms with Crippen LogP contribution in [-0.2, 0) is 0 Å². The first-order valence-electron chi connectivity index (χ1n) is 9.09. The largest absolute Gasteiger partial charge is 0.478 e. The molecular formula is C21H10ClN3O8. The van der Waals surface area contributed by atoms with Crippen molar-refractivity contribution < 1.29 is 24.7 Å². The maximum Gasteiger partial charge on any atom is 0.336 e. The lowest BCUT2D eigenvalue weighted by atomic mass is 9.96. The van der Waals surface area contributed by atoms with Gasteiger partial charge in [-0.25, -0.2) is 4.79 Å². The van der Waals surface area contributed by atoms with E-state index in [2.05, 4.69) is 0 Å². The average molecular weight is 468 g/mol. The van der Waals surface area contributed by atoms with Gasteiger partial charge in [-0.2, -0.15) is 0 Å². The molecule has 11 nitrogen and oxygen atoms in total. The van der Waals surface area contributed by atoms with E-state index in [1.165, 1.54) is 6.08 Å². The minimum Gasteiger partial charge on any atom is -0.478 e. The van der Waals surface area contributed by atoms with Crippen LogP contribution in [0.5, 0.6) is 0 Å². The van der Waals surface area contributed by atoms with Gasteiger partial charge in [0.25, 0.3) is 17.1 Å². The summed E-state index contributed by atoms with van der Waals surface area (Å²) in [6.07, 6.45) is 1.50. The summed E-state index contributed by atoms with van der Waals surface area (Å²) >= 11 is 5.90. The number of rotatable bonds is 5. The summed E-state index contributed by atoms with van der Waals surface area (Å²) in [4.78, 5) is 44.2. The fourth-order valence-electron chi connectivity index (χ4n) is 3.75. The molecule has 0 unspecified atom stereocenters. The highest BCUT2D eigenvalue weighted by molar-refractivity contribution is 6.30. The Kier molecular flexibility index (Phi) is 5.10. The molecule has 0 aliphatic heterocycles. The molecule has 33 heavy (non-hydrogen) atoms. The first-order chi connectivity index (χ1) is 15.6. The second kappa shape index (κ2) is 7.80. The number of non-ortho nitro benzene ring substituents is 2. The topological polar surface area (TPSA) is 167 Å². The van der Waals surface area contributed by atoms with Crippen LogP contribution in [0.25, 0.3) is 22.8 Å². The second-order valence-electron chi connectivity index (χ2n) is 6.99. The predicted octanol–water partition coefficient (Wildman–Crippen LogP) is 5.33. The van der Waals surface area contributed by atoms with Gasteiger partial charge in [-0.1, -0.05) is 23.7 Å². The Balaban J connectivity index is 2.18. The molecule has 0 heterocycles. The van der Waals surface area contributed by atoms with Crippen molar-refractivity contribution in [3.8, 4) is 11.1 Å². The van der Waals surface area contributed by atoms with Crippen LogP contribution in [0.4, 0.5) is 17.1 Å². The molecule has 0 saturated heterocycles. The SMILES string of the molecule is O=C(O)c1cc([N+](=O)[O-])cc2c1-c1c(cc([N+](=O)[O-])cc1[N+](=O)[O-])/C2=C\c1ccc(Cl)cc1. The lowest BCUT2D eigenvalue weighted by molar-refractivity contribution is -0.393. The number of nitrogens with zero attached hydrogens (tertiary/aromatic N) is 3. The molecule has 0 amide bonds. The zero-order chi connectivity index (χ0) is 24.0. The van der Waals surface area contributed by atoms with E-state index in [0.29, 0.717) is 10.6 Å². The highest BCUT2D eigenvalue weighted by atomic mass is 35.5. The molecule has 12 heteroatoms. The van der Waals surface area contributed by atoms with Gasteiger partial charge in [0.15, 0.2) is 0 Å². The zero-order valence-electron chi connectivity index (χ0n) is 16.2. The lowest BCUT2D eigenvalue weighted by Crippen LogP contribution is -2.03. The molecule has 0 bridgehead atoms. The van der Waals surface area contributed by atoms with Gasteiger partial charge in [0.1, 0.15) is 0 Å². The van der Waals surface area contributed by atoms with Crippen LogP contribution in [0.3, 0.4) is 0 Å². The summed E-state index contributed by atoms with van der Waals surface area (Å²) in [6, 6.07) is 10.1. The standard InChI is InChI=1S/C21H10ClN3O8/c22-11-3-1-10(2-4-11)5-14-15-6-12(23(28)29)8-17(21(26)27)19(15)20-16(14)7-13(24(30)31)9-18(20)25(32)33/h1-9H,(H,26,27)/b14-5-. The number of hydrogen-bond acceptors (Lipinski definition) is 7. The smallest absolute Gasteiger partial charge is 0.336 e. The molecule has 0 fully saturated rings. The molecule has 164 valence electrons. The lowest BCUT2D eigenvalue weighted by Gasteiger charge is -2.07. The molecule has 4 rings (SSSR count). The van der Waals surface area contributed by atoms with Crippen molar-refractivity contribution in [2.45, 2.75) is 0 Å². The van der Waals surface area contributed by atoms with Gasteiger partial charge in [-0.15, -0.1) is 0 Å². The Bertz CT molecular complexity index is 1350. The summed E-state index contributed by atoms with van der Waals surface area (Å²) in [5, 5.41) is 44.8. The number of halogens is 1. The van der Waals surface area contributed by atoms with Crippen molar-refractivity contribution in [3.05, 3.63) is 106 Å². The Morgan fingerprint density at radius 3 is 1.88 bits per heavy atom. The number of carboxylic acid groups (broad SMARTS) is 1. The van der Waals surface area contributed by atoms with Crippen molar-refractivity contribution in [1.82, 2.24) is 0 Å². The monoisotopic (exact) mass is 467 g/mol. The van der Waals surface area contributed by atoms with Crippen molar-refractivity contribution in [2.24, 2.45) is 0 Å². The van der Waals surface area contributed by atoms with Crippen molar-refractivity contribution in [1.29, 1.82) is 0 Å². The molecule has 0 atom stereocenters. The number of fused-ring (bicyclic) bond motifs is 3. The number of aromatic carboxylic acids is 1. The molecule has 1 aliphatic rings. The molecule has 1 aliphatic carbocycles. The van der Waals surface area contributed by atoms with E-state index < -0.39 is 43.4 Å². The number of nitro groups is 3. The van der Waals surface area contributed by atoms with Crippen LogP contribution in [0.1, 0.15) is 27.0 Å². The third-order valence-electron chi connectivity index (χ3n) is 5.09. The van der Waals surface area contributed by atoms with E-state index >= 15 is 0 Å². The van der Waals surface area contributed by atoms with Crippen molar-refractivity contribution in [2.75, 3.05) is 0 Å². The van der Waals surface area contributed by atoms with E-state index in [1.807, 2.05) is 0 Å². The Morgan fingerprint density at radius 1 is 0.818 bits per heavy atom. The molecule has 1 N–H and O–H groups in total. The molecule has 0 radical (unpaired) electrons. The Hall–Kier alpha value is -4.64. The van der Waals surface area contributed by atoms with E-state index in [-0.39, 0.29) is 27.8 Å². The molecular weight excluding hydrogens is 458 g/mol. The van der Waals surface area contributed by atoms with Crippen LogP contribution in [-0.4, -0.2) is 25.8 Å². The highest BCUT2D eigenvalue weighted by Crippen LogP contribution is 2.53. The second-order valence-corrected chi connectivity index (χ2v) is 7.43. The number of carbonyl (C=O) groups is 1. The fraction of sp³-hybridized carbons (Fsp3) is 0. The third kappa shape index (κ3) is 3.66. The molecule has 3 aromatic rings. The number of hydrogen-bond donors (Lipinski definition) is 1. The van der Waals surface area contributed by atoms with Crippen molar-refractivity contribution >= 4 is 46.3 Å². The summed E-state index contributed by atoms with van der Waals surface area (Å²) in [6.45, 7) is 0. The van der Waals surface area contributed by atoms with E-state index in [9.17, 15) is 40.2 Å². The highest BCUT2D eigenvalue weighted by Gasteiger charge is 2.38. The molecule has 3 aromatic carbocycles.